The number of rotatable bonds is 9. The number of hydrogen-bond donors (Lipinski definition) is 1. The first kappa shape index (κ1) is 27.0. The Hall–Kier alpha value is -3.00. The number of carbonyl (C=O) groups excluding carboxylic acids is 2. The number of carbonyl (C=O) groups is 2. The molecule has 1 aliphatic rings. The van der Waals surface area contributed by atoms with Crippen LogP contribution in [0.25, 0.3) is 0 Å². The molecule has 0 spiro atoms. The molecule has 3 atom stereocenters. The van der Waals surface area contributed by atoms with Gasteiger partial charge in [-0.25, -0.2) is 8.78 Å². The van der Waals surface area contributed by atoms with Gasteiger partial charge >= 0.3 is 0 Å². The monoisotopic (exact) mass is 546 g/mol. The standard InChI is InChI=1S/C28H26Cl2F2N2O3/c29-20-9-6-18(7-10-20)26-27(19-8-13-22(30)23(32)16-19)37-24(15-17-4-11-21(31)12-5-17)28(36)34(26)14-2-1-3-25(33)35/h4-13,16,24,26-27H,1-3,14-15H2,(H2,33,35)/t24-,26+,27-/m1/s1. The summed E-state index contributed by atoms with van der Waals surface area (Å²) in [7, 11) is 0. The first-order chi connectivity index (χ1) is 17.7. The van der Waals surface area contributed by atoms with Gasteiger partial charge in [-0.2, -0.15) is 0 Å². The van der Waals surface area contributed by atoms with E-state index in [0.29, 0.717) is 30.0 Å². The topological polar surface area (TPSA) is 72.6 Å². The van der Waals surface area contributed by atoms with Gasteiger partial charge in [0.15, 0.2) is 0 Å². The molecular weight excluding hydrogens is 521 g/mol. The molecule has 0 radical (unpaired) electrons. The van der Waals surface area contributed by atoms with Crippen molar-refractivity contribution in [3.8, 4) is 0 Å². The number of morpholine rings is 1. The van der Waals surface area contributed by atoms with Gasteiger partial charge in [-0.15, -0.1) is 0 Å². The summed E-state index contributed by atoms with van der Waals surface area (Å²) in [6.45, 7) is 0.329. The largest absolute Gasteiger partial charge is 0.370 e. The Bertz CT molecular complexity index is 1260. The van der Waals surface area contributed by atoms with Crippen molar-refractivity contribution in [2.75, 3.05) is 6.54 Å². The minimum atomic E-state index is -0.895. The van der Waals surface area contributed by atoms with Gasteiger partial charge in [0.2, 0.25) is 5.91 Å². The first-order valence-electron chi connectivity index (χ1n) is 11.9. The van der Waals surface area contributed by atoms with Crippen LogP contribution in [-0.2, 0) is 20.7 Å². The second-order valence-corrected chi connectivity index (χ2v) is 9.84. The van der Waals surface area contributed by atoms with Crippen LogP contribution < -0.4 is 5.73 Å². The third kappa shape index (κ3) is 6.66. The van der Waals surface area contributed by atoms with E-state index in [0.717, 1.165) is 11.1 Å². The van der Waals surface area contributed by atoms with E-state index >= 15 is 0 Å². The van der Waals surface area contributed by atoms with E-state index in [4.69, 9.17) is 33.7 Å². The normalized spacial score (nSPS) is 19.7. The number of primary amides is 1. The van der Waals surface area contributed by atoms with Crippen LogP contribution in [-0.4, -0.2) is 29.4 Å². The molecule has 2 N–H and O–H groups in total. The van der Waals surface area contributed by atoms with Gasteiger partial charge in [-0.05, 0) is 65.9 Å². The third-order valence-electron chi connectivity index (χ3n) is 6.38. The zero-order valence-electron chi connectivity index (χ0n) is 19.9. The molecule has 3 aromatic rings. The molecule has 1 aliphatic heterocycles. The predicted molar refractivity (Wildman–Crippen MR) is 138 cm³/mol. The van der Waals surface area contributed by atoms with Crippen molar-refractivity contribution >= 4 is 35.0 Å². The average Bonchev–Trinajstić information content (AvgIpc) is 2.87. The van der Waals surface area contributed by atoms with Gasteiger partial charge in [0.05, 0.1) is 11.1 Å². The van der Waals surface area contributed by atoms with Crippen LogP contribution in [0.2, 0.25) is 10.0 Å². The molecule has 194 valence electrons. The van der Waals surface area contributed by atoms with E-state index in [1.807, 2.05) is 0 Å². The maximum atomic E-state index is 14.5. The predicted octanol–water partition coefficient (Wildman–Crippen LogP) is 6.18. The van der Waals surface area contributed by atoms with E-state index in [9.17, 15) is 18.4 Å². The summed E-state index contributed by atoms with van der Waals surface area (Å²) in [4.78, 5) is 26.7. The van der Waals surface area contributed by atoms with Crippen LogP contribution in [0.4, 0.5) is 8.78 Å². The Morgan fingerprint density at radius 1 is 0.946 bits per heavy atom. The third-order valence-corrected chi connectivity index (χ3v) is 6.94. The van der Waals surface area contributed by atoms with Gasteiger partial charge in [0.1, 0.15) is 23.8 Å². The maximum absolute atomic E-state index is 14.5. The molecule has 2 amide bonds. The molecule has 1 heterocycles. The number of unbranched alkanes of at least 4 members (excludes halogenated alkanes) is 1. The van der Waals surface area contributed by atoms with Gasteiger partial charge in [-0.3, -0.25) is 9.59 Å². The van der Waals surface area contributed by atoms with Crippen molar-refractivity contribution in [3.63, 3.8) is 0 Å². The van der Waals surface area contributed by atoms with E-state index in [1.54, 1.807) is 47.4 Å². The number of nitrogens with two attached hydrogens (primary N) is 1. The Labute approximate surface area is 224 Å². The summed E-state index contributed by atoms with van der Waals surface area (Å²) >= 11 is 12.1. The molecule has 0 aliphatic carbocycles. The molecule has 1 fully saturated rings. The number of hydrogen-bond acceptors (Lipinski definition) is 3. The molecule has 1 saturated heterocycles. The fourth-order valence-electron chi connectivity index (χ4n) is 4.56. The van der Waals surface area contributed by atoms with Crippen molar-refractivity contribution < 1.29 is 23.1 Å². The smallest absolute Gasteiger partial charge is 0.252 e. The van der Waals surface area contributed by atoms with E-state index in [2.05, 4.69) is 0 Å². The number of nitrogens with zero attached hydrogens (tertiary/aromatic N) is 1. The van der Waals surface area contributed by atoms with Gasteiger partial charge in [-0.1, -0.05) is 53.5 Å². The lowest BCUT2D eigenvalue weighted by atomic mass is 9.90. The van der Waals surface area contributed by atoms with Crippen LogP contribution in [0.1, 0.15) is 48.1 Å². The zero-order chi connectivity index (χ0) is 26.5. The second kappa shape index (κ2) is 12.0. The molecule has 0 unspecified atom stereocenters. The molecule has 0 bridgehead atoms. The SMILES string of the molecule is NC(=O)CCCCN1C(=O)[C@@H](Cc2ccc(F)cc2)O[C@H](c2ccc(Cl)c(F)c2)[C@@H]1c1ccc(Cl)cc1. The van der Waals surface area contributed by atoms with Crippen LogP contribution >= 0.6 is 23.2 Å². The Morgan fingerprint density at radius 2 is 1.62 bits per heavy atom. The highest BCUT2D eigenvalue weighted by Gasteiger charge is 2.44. The van der Waals surface area contributed by atoms with E-state index in [1.165, 1.54) is 24.3 Å². The number of benzene rings is 3. The number of amides is 2. The summed E-state index contributed by atoms with van der Waals surface area (Å²) < 4.78 is 34.4. The zero-order valence-corrected chi connectivity index (χ0v) is 21.4. The Kier molecular flexibility index (Phi) is 8.79. The summed E-state index contributed by atoms with van der Waals surface area (Å²) in [5.74, 6) is -1.65. The summed E-state index contributed by atoms with van der Waals surface area (Å²) in [5, 5.41) is 0.507. The van der Waals surface area contributed by atoms with Crippen LogP contribution in [0.15, 0.2) is 66.7 Å². The highest BCUT2D eigenvalue weighted by molar-refractivity contribution is 6.30. The lowest BCUT2D eigenvalue weighted by Gasteiger charge is -2.45. The average molecular weight is 547 g/mol. The fraction of sp³-hybridized carbons (Fsp3) is 0.286. The minimum Gasteiger partial charge on any atom is -0.370 e. The lowest BCUT2D eigenvalue weighted by Crippen LogP contribution is -2.51. The molecule has 37 heavy (non-hydrogen) atoms. The summed E-state index contributed by atoms with van der Waals surface area (Å²) in [6.07, 6.45) is -0.174. The van der Waals surface area contributed by atoms with Crippen LogP contribution in [0.5, 0.6) is 0 Å². The summed E-state index contributed by atoms with van der Waals surface area (Å²) in [5.41, 5.74) is 7.28. The van der Waals surface area contributed by atoms with Gasteiger partial charge in [0, 0.05) is 24.4 Å². The first-order valence-corrected chi connectivity index (χ1v) is 12.7. The highest BCUT2D eigenvalue weighted by atomic mass is 35.5. The molecule has 5 nitrogen and oxygen atoms in total. The molecule has 9 heteroatoms. The van der Waals surface area contributed by atoms with Crippen LogP contribution in [0.3, 0.4) is 0 Å². The molecule has 3 aromatic carbocycles. The second-order valence-electron chi connectivity index (χ2n) is 9.00. The van der Waals surface area contributed by atoms with Gasteiger partial charge < -0.3 is 15.4 Å². The maximum Gasteiger partial charge on any atom is 0.252 e. The molecular formula is C28H26Cl2F2N2O3. The fourth-order valence-corrected chi connectivity index (χ4v) is 4.80. The van der Waals surface area contributed by atoms with E-state index < -0.39 is 30.0 Å². The molecule has 4 rings (SSSR count). The molecule has 0 saturated carbocycles. The lowest BCUT2D eigenvalue weighted by molar-refractivity contribution is -0.174. The van der Waals surface area contributed by atoms with Crippen molar-refractivity contribution in [3.05, 3.63) is 105 Å². The molecule has 0 aromatic heterocycles. The van der Waals surface area contributed by atoms with Crippen molar-refractivity contribution in [2.24, 2.45) is 5.73 Å². The number of halogens is 4. The van der Waals surface area contributed by atoms with Crippen molar-refractivity contribution in [1.82, 2.24) is 4.90 Å². The van der Waals surface area contributed by atoms with Gasteiger partial charge in [0.25, 0.3) is 5.91 Å². The van der Waals surface area contributed by atoms with Crippen molar-refractivity contribution in [1.29, 1.82) is 0 Å². The highest BCUT2D eigenvalue weighted by Crippen LogP contribution is 2.43. The van der Waals surface area contributed by atoms with Crippen LogP contribution in [0, 0.1) is 11.6 Å². The Balaban J connectivity index is 1.74. The Morgan fingerprint density at radius 3 is 2.27 bits per heavy atom. The quantitative estimate of drug-likeness (QED) is 0.325. The van der Waals surface area contributed by atoms with E-state index in [-0.39, 0.29) is 29.6 Å². The van der Waals surface area contributed by atoms with Crippen molar-refractivity contribution in [2.45, 2.75) is 43.9 Å². The number of ether oxygens (including phenoxy) is 1. The minimum absolute atomic E-state index is 0.0233. The summed E-state index contributed by atoms with van der Waals surface area (Å²) in [6, 6.07) is 16.8.